The maximum Gasteiger partial charge on any atom is 0.179 e. The molecule has 2 aliphatic carbocycles. The Bertz CT molecular complexity index is 718. The molecule has 0 amide bonds. The molecule has 1 saturated heterocycles. The molecule has 2 N–H and O–H groups in total. The van der Waals surface area contributed by atoms with Gasteiger partial charge in [0.1, 0.15) is 0 Å². The summed E-state index contributed by atoms with van der Waals surface area (Å²) in [5, 5.41) is 23.2. The molecule has 1 aliphatic heterocycles. The average molecular weight is 406 g/mol. The normalized spacial score (nSPS) is 32.6. The van der Waals surface area contributed by atoms with Crippen LogP contribution in [0.3, 0.4) is 0 Å². The van der Waals surface area contributed by atoms with Gasteiger partial charge in [-0.1, -0.05) is 32.3 Å². The van der Waals surface area contributed by atoms with E-state index < -0.39 is 11.0 Å². The standard InChI is InChI=1S/C23H35NO3S/c1-4-5-11-23-12-13-24(15-16-7-6-8-16)19(22(23,2)26)14-17-9-10-18(27-28-3)21(25)20(17)23/h9-10,16,19,25-26H,4-8,11-15H2,1-3H3. The van der Waals surface area contributed by atoms with Crippen LogP contribution in [0.15, 0.2) is 12.1 Å². The van der Waals surface area contributed by atoms with Gasteiger partial charge in [-0.05, 0) is 63.1 Å². The molecule has 4 rings (SSSR count). The molecule has 0 radical (unpaired) electrons. The quantitative estimate of drug-likeness (QED) is 0.646. The van der Waals surface area contributed by atoms with Crippen molar-refractivity contribution in [3.63, 3.8) is 0 Å². The topological polar surface area (TPSA) is 52.9 Å². The van der Waals surface area contributed by atoms with Crippen LogP contribution >= 0.6 is 12.0 Å². The van der Waals surface area contributed by atoms with Crippen molar-refractivity contribution in [2.24, 2.45) is 5.92 Å². The van der Waals surface area contributed by atoms with Crippen molar-refractivity contribution in [1.29, 1.82) is 0 Å². The molecule has 3 aliphatic rings. The Balaban J connectivity index is 1.78. The number of piperidine rings is 1. The first-order valence-corrected chi connectivity index (χ1v) is 12.1. The molecule has 1 saturated carbocycles. The lowest BCUT2D eigenvalue weighted by atomic mass is 9.53. The minimum atomic E-state index is -0.855. The van der Waals surface area contributed by atoms with E-state index in [4.69, 9.17) is 4.18 Å². The molecule has 4 nitrogen and oxygen atoms in total. The van der Waals surface area contributed by atoms with Crippen LogP contribution in [0.2, 0.25) is 0 Å². The predicted molar refractivity (Wildman–Crippen MR) is 115 cm³/mol. The van der Waals surface area contributed by atoms with Crippen LogP contribution in [0, 0.1) is 5.92 Å². The van der Waals surface area contributed by atoms with Crippen LogP contribution < -0.4 is 4.18 Å². The smallest absolute Gasteiger partial charge is 0.179 e. The van der Waals surface area contributed by atoms with Crippen LogP contribution in [0.4, 0.5) is 0 Å². The Labute approximate surface area is 173 Å². The predicted octanol–water partition coefficient (Wildman–Crippen LogP) is 4.66. The molecule has 0 aromatic heterocycles. The number of aromatic hydroxyl groups is 1. The molecule has 0 spiro atoms. The minimum absolute atomic E-state index is 0.123. The van der Waals surface area contributed by atoms with Crippen LogP contribution in [-0.4, -0.2) is 46.1 Å². The average Bonchev–Trinajstić information content (AvgIpc) is 2.61. The second-order valence-corrected chi connectivity index (χ2v) is 9.79. The van der Waals surface area contributed by atoms with E-state index in [9.17, 15) is 10.2 Å². The molecule has 2 bridgehead atoms. The number of unbranched alkanes of at least 4 members (excludes halogenated alkanes) is 1. The lowest BCUT2D eigenvalue weighted by molar-refractivity contribution is -0.142. The lowest BCUT2D eigenvalue weighted by Gasteiger charge is -2.61. The summed E-state index contributed by atoms with van der Waals surface area (Å²) in [7, 11) is 0. The van der Waals surface area contributed by atoms with Gasteiger partial charge >= 0.3 is 0 Å². The summed E-state index contributed by atoms with van der Waals surface area (Å²) < 4.78 is 5.63. The van der Waals surface area contributed by atoms with Gasteiger partial charge in [0.05, 0.1) is 17.6 Å². The summed E-state index contributed by atoms with van der Waals surface area (Å²) in [6.07, 6.45) is 10.6. The van der Waals surface area contributed by atoms with Crippen molar-refractivity contribution in [3.05, 3.63) is 23.3 Å². The van der Waals surface area contributed by atoms with Gasteiger partial charge in [-0.15, -0.1) is 0 Å². The maximum atomic E-state index is 12.0. The molecule has 1 heterocycles. The fraction of sp³-hybridized carbons (Fsp3) is 0.739. The van der Waals surface area contributed by atoms with Crippen molar-refractivity contribution in [2.45, 2.75) is 82.3 Å². The van der Waals surface area contributed by atoms with Crippen LogP contribution in [0.1, 0.15) is 69.9 Å². The fourth-order valence-electron chi connectivity index (χ4n) is 6.01. The monoisotopic (exact) mass is 405 g/mol. The highest BCUT2D eigenvalue weighted by atomic mass is 32.2. The van der Waals surface area contributed by atoms with Gasteiger partial charge in [0, 0.05) is 29.8 Å². The first kappa shape index (κ1) is 20.4. The first-order chi connectivity index (χ1) is 13.4. The van der Waals surface area contributed by atoms with E-state index in [0.29, 0.717) is 5.75 Å². The fourth-order valence-corrected chi connectivity index (χ4v) is 6.33. The molecule has 156 valence electrons. The summed E-state index contributed by atoms with van der Waals surface area (Å²) in [5.74, 6) is 1.56. The summed E-state index contributed by atoms with van der Waals surface area (Å²) >= 11 is 1.24. The molecule has 1 aromatic carbocycles. The van der Waals surface area contributed by atoms with Crippen molar-refractivity contribution in [2.75, 3.05) is 19.3 Å². The lowest BCUT2D eigenvalue weighted by Crippen LogP contribution is -2.70. The molecule has 28 heavy (non-hydrogen) atoms. The SMILES string of the molecule is CCCCC12CCN(CC3CCC3)C(Cc3ccc(OSC)c(O)c31)C2(C)O. The van der Waals surface area contributed by atoms with Gasteiger partial charge in [-0.25, -0.2) is 0 Å². The number of rotatable bonds is 7. The number of hydrogen-bond donors (Lipinski definition) is 2. The van der Waals surface area contributed by atoms with Crippen LogP contribution in [-0.2, 0) is 11.8 Å². The number of hydrogen-bond acceptors (Lipinski definition) is 5. The summed E-state index contributed by atoms with van der Waals surface area (Å²) in [6, 6.07) is 4.14. The molecule has 2 fully saturated rings. The molecular weight excluding hydrogens is 370 g/mol. The highest BCUT2D eigenvalue weighted by Crippen LogP contribution is 2.58. The Morgan fingerprint density at radius 2 is 2.11 bits per heavy atom. The zero-order valence-electron chi connectivity index (χ0n) is 17.5. The Hall–Kier alpha value is -0.910. The molecule has 1 aromatic rings. The van der Waals surface area contributed by atoms with E-state index in [-0.39, 0.29) is 11.8 Å². The number of benzene rings is 1. The van der Waals surface area contributed by atoms with Crippen LogP contribution in [0.25, 0.3) is 0 Å². The number of aliphatic hydroxyl groups is 1. The summed E-state index contributed by atoms with van der Waals surface area (Å²) in [5.41, 5.74) is 0.889. The van der Waals surface area contributed by atoms with Gasteiger partial charge in [0.25, 0.3) is 0 Å². The van der Waals surface area contributed by atoms with E-state index in [0.717, 1.165) is 56.7 Å². The van der Waals surface area contributed by atoms with E-state index in [2.05, 4.69) is 17.9 Å². The largest absolute Gasteiger partial charge is 0.504 e. The van der Waals surface area contributed by atoms with Crippen molar-refractivity contribution >= 4 is 12.0 Å². The Morgan fingerprint density at radius 3 is 2.75 bits per heavy atom. The van der Waals surface area contributed by atoms with Crippen molar-refractivity contribution < 1.29 is 14.4 Å². The number of phenolic OH excluding ortho intramolecular Hbond substituents is 1. The van der Waals surface area contributed by atoms with E-state index >= 15 is 0 Å². The maximum absolute atomic E-state index is 12.0. The number of phenols is 1. The van der Waals surface area contributed by atoms with Gasteiger partial charge in [0.15, 0.2) is 11.5 Å². The molecule has 5 heteroatoms. The number of likely N-dealkylation sites (tertiary alicyclic amines) is 1. The summed E-state index contributed by atoms with van der Waals surface area (Å²) in [6.45, 7) is 6.35. The van der Waals surface area contributed by atoms with Crippen LogP contribution in [0.5, 0.6) is 11.5 Å². The number of fused-ring (bicyclic) bond motifs is 4. The zero-order valence-corrected chi connectivity index (χ0v) is 18.4. The molecule has 3 unspecified atom stereocenters. The zero-order chi connectivity index (χ0) is 19.9. The Kier molecular flexibility index (Phi) is 5.62. The molecular formula is C23H35NO3S. The third-order valence-electron chi connectivity index (χ3n) is 7.85. The number of nitrogens with zero attached hydrogens (tertiary/aromatic N) is 1. The van der Waals surface area contributed by atoms with Crippen molar-refractivity contribution in [1.82, 2.24) is 4.90 Å². The second-order valence-electron chi connectivity index (χ2n) is 9.29. The first-order valence-electron chi connectivity index (χ1n) is 11.0. The third-order valence-corrected chi connectivity index (χ3v) is 8.20. The third kappa shape index (κ3) is 3.05. The van der Waals surface area contributed by atoms with Gasteiger partial charge < -0.3 is 14.4 Å². The highest BCUT2D eigenvalue weighted by Gasteiger charge is 2.61. The summed E-state index contributed by atoms with van der Waals surface area (Å²) in [4.78, 5) is 2.56. The van der Waals surface area contributed by atoms with E-state index in [1.54, 1.807) is 0 Å². The second kappa shape index (κ2) is 7.73. The van der Waals surface area contributed by atoms with E-state index in [1.165, 1.54) is 36.9 Å². The van der Waals surface area contributed by atoms with Gasteiger partial charge in [-0.2, -0.15) is 0 Å². The van der Waals surface area contributed by atoms with Gasteiger partial charge in [-0.3, -0.25) is 4.90 Å². The van der Waals surface area contributed by atoms with Crippen molar-refractivity contribution in [3.8, 4) is 11.5 Å². The molecule has 3 atom stereocenters. The highest BCUT2D eigenvalue weighted by molar-refractivity contribution is 7.94. The minimum Gasteiger partial charge on any atom is -0.504 e. The van der Waals surface area contributed by atoms with E-state index in [1.807, 2.05) is 19.2 Å². The Morgan fingerprint density at radius 1 is 1.32 bits per heavy atom. The van der Waals surface area contributed by atoms with Gasteiger partial charge in [0.2, 0.25) is 0 Å².